The van der Waals surface area contributed by atoms with Gasteiger partial charge in [-0.25, -0.2) is 0 Å². The number of amides is 1. The van der Waals surface area contributed by atoms with Gasteiger partial charge < -0.3 is 5.32 Å². The van der Waals surface area contributed by atoms with Gasteiger partial charge in [0.1, 0.15) is 0 Å². The van der Waals surface area contributed by atoms with Gasteiger partial charge in [0.25, 0.3) is 5.91 Å². The summed E-state index contributed by atoms with van der Waals surface area (Å²) in [5, 5.41) is 11.9. The summed E-state index contributed by atoms with van der Waals surface area (Å²) in [5.74, 6) is 0.291. The maximum atomic E-state index is 12.2. The molecule has 2 heterocycles. The molecule has 1 N–H and O–H groups in total. The van der Waals surface area contributed by atoms with Crippen LogP contribution in [0.15, 0.2) is 42.7 Å². The number of hydrogen-bond donors (Lipinski definition) is 1. The third kappa shape index (κ3) is 3.43. The van der Waals surface area contributed by atoms with Crippen molar-refractivity contribution in [3.05, 3.63) is 64.6 Å². The Balaban J connectivity index is 1.68. The number of nitrogens with one attached hydrogen (secondary N) is 1. The van der Waals surface area contributed by atoms with Crippen molar-refractivity contribution in [2.24, 2.45) is 7.05 Å². The summed E-state index contributed by atoms with van der Waals surface area (Å²) in [7, 11) is 1.80. The first-order chi connectivity index (χ1) is 11.0. The molecule has 0 saturated heterocycles. The average molecular weight is 330 g/mol. The maximum Gasteiger partial charge on any atom is 0.260 e. The first-order valence-electron chi connectivity index (χ1n) is 7.11. The Morgan fingerprint density at radius 3 is 2.65 bits per heavy atom. The molecule has 3 rings (SSSR count). The average Bonchev–Trinajstić information content (AvgIpc) is 3.09. The highest BCUT2D eigenvalue weighted by atomic mass is 35.5. The molecule has 23 heavy (non-hydrogen) atoms. The van der Waals surface area contributed by atoms with Crippen LogP contribution in [0.5, 0.6) is 0 Å². The number of nitrogens with zero attached hydrogens (tertiary/aromatic N) is 4. The first-order valence-corrected chi connectivity index (χ1v) is 7.48. The highest BCUT2D eigenvalue weighted by Crippen LogP contribution is 2.13. The molecule has 0 aliphatic carbocycles. The van der Waals surface area contributed by atoms with Gasteiger partial charge in [0.15, 0.2) is 5.82 Å². The number of hydrogen-bond acceptors (Lipinski definition) is 3. The zero-order chi connectivity index (χ0) is 16.4. The minimum absolute atomic E-state index is 0.215. The van der Waals surface area contributed by atoms with Gasteiger partial charge in [0.2, 0.25) is 0 Å². The van der Waals surface area contributed by atoms with Crippen LogP contribution in [0.25, 0.3) is 0 Å². The van der Waals surface area contributed by atoms with E-state index in [-0.39, 0.29) is 5.91 Å². The molecule has 0 bridgehead atoms. The summed E-state index contributed by atoms with van der Waals surface area (Å²) < 4.78 is 3.42. The molecule has 0 unspecified atom stereocenters. The van der Waals surface area contributed by atoms with Gasteiger partial charge in [-0.1, -0.05) is 23.7 Å². The molecule has 7 heteroatoms. The Morgan fingerprint density at radius 1 is 1.26 bits per heavy atom. The number of carbonyl (C=O) groups is 1. The molecule has 2 aromatic heterocycles. The van der Waals surface area contributed by atoms with Crippen LogP contribution in [0, 0.1) is 6.92 Å². The molecule has 0 aliphatic rings. The predicted molar refractivity (Wildman–Crippen MR) is 88.7 cm³/mol. The van der Waals surface area contributed by atoms with Crippen molar-refractivity contribution in [3.8, 4) is 0 Å². The number of carbonyl (C=O) groups excluding carboxylic acids is 1. The van der Waals surface area contributed by atoms with E-state index in [4.69, 9.17) is 11.6 Å². The molecule has 0 fully saturated rings. The van der Waals surface area contributed by atoms with Crippen LogP contribution in [0.1, 0.15) is 21.6 Å². The predicted octanol–water partition coefficient (Wildman–Crippen LogP) is 2.88. The Bertz CT molecular complexity index is 835. The van der Waals surface area contributed by atoms with Crippen molar-refractivity contribution < 1.29 is 4.79 Å². The van der Waals surface area contributed by atoms with Gasteiger partial charge in [-0.15, -0.1) is 0 Å². The second kappa shape index (κ2) is 6.26. The van der Waals surface area contributed by atoms with E-state index < -0.39 is 0 Å². The number of aryl methyl sites for hydroxylation is 1. The summed E-state index contributed by atoms with van der Waals surface area (Å²) in [5.41, 5.74) is 2.43. The van der Waals surface area contributed by atoms with Gasteiger partial charge in [-0.05, 0) is 24.6 Å². The van der Waals surface area contributed by atoms with E-state index in [0.29, 0.717) is 22.9 Å². The number of anilines is 1. The Labute approximate surface area is 138 Å². The van der Waals surface area contributed by atoms with E-state index in [1.54, 1.807) is 28.7 Å². The third-order valence-corrected chi connectivity index (χ3v) is 3.87. The maximum absolute atomic E-state index is 12.2. The highest BCUT2D eigenvalue weighted by Gasteiger charge is 2.14. The minimum Gasteiger partial charge on any atom is -0.305 e. The van der Waals surface area contributed by atoms with Crippen LogP contribution in [0.4, 0.5) is 5.82 Å². The van der Waals surface area contributed by atoms with Crippen LogP contribution in [0.2, 0.25) is 5.02 Å². The fraction of sp³-hybridized carbons (Fsp3) is 0.188. The lowest BCUT2D eigenvalue weighted by Crippen LogP contribution is -2.13. The largest absolute Gasteiger partial charge is 0.305 e. The van der Waals surface area contributed by atoms with Gasteiger partial charge in [-0.2, -0.15) is 10.2 Å². The molecule has 0 spiro atoms. The summed E-state index contributed by atoms with van der Waals surface area (Å²) in [6.07, 6.45) is 3.37. The Morgan fingerprint density at radius 2 is 2.00 bits per heavy atom. The smallest absolute Gasteiger partial charge is 0.260 e. The van der Waals surface area contributed by atoms with E-state index in [1.165, 1.54) is 0 Å². The number of aromatic nitrogens is 4. The van der Waals surface area contributed by atoms with Gasteiger partial charge in [0, 0.05) is 30.0 Å². The summed E-state index contributed by atoms with van der Waals surface area (Å²) >= 11 is 5.87. The lowest BCUT2D eigenvalue weighted by Gasteiger charge is -2.03. The van der Waals surface area contributed by atoms with Crippen molar-refractivity contribution in [1.82, 2.24) is 19.6 Å². The second-order valence-electron chi connectivity index (χ2n) is 5.25. The van der Waals surface area contributed by atoms with Crippen LogP contribution in [-0.4, -0.2) is 25.5 Å². The molecule has 0 saturated carbocycles. The molecule has 118 valence electrons. The third-order valence-electron chi connectivity index (χ3n) is 3.62. The van der Waals surface area contributed by atoms with Crippen LogP contribution in [0.3, 0.4) is 0 Å². The molecule has 1 amide bonds. The molecule has 1 aromatic carbocycles. The summed E-state index contributed by atoms with van der Waals surface area (Å²) in [6.45, 7) is 2.46. The van der Waals surface area contributed by atoms with E-state index in [2.05, 4.69) is 15.5 Å². The summed E-state index contributed by atoms with van der Waals surface area (Å²) in [6, 6.07) is 9.34. The van der Waals surface area contributed by atoms with Gasteiger partial charge in [-0.3, -0.25) is 14.2 Å². The molecule has 0 aliphatic heterocycles. The second-order valence-corrected chi connectivity index (χ2v) is 5.68. The van der Waals surface area contributed by atoms with E-state index >= 15 is 0 Å². The van der Waals surface area contributed by atoms with Crippen molar-refractivity contribution >= 4 is 23.3 Å². The fourth-order valence-corrected chi connectivity index (χ4v) is 2.32. The molecule has 0 atom stereocenters. The molecular formula is C16H16ClN5O. The minimum atomic E-state index is -0.215. The van der Waals surface area contributed by atoms with Gasteiger partial charge >= 0.3 is 0 Å². The molecular weight excluding hydrogens is 314 g/mol. The van der Waals surface area contributed by atoms with Crippen molar-refractivity contribution in [2.75, 3.05) is 5.32 Å². The van der Waals surface area contributed by atoms with E-state index in [9.17, 15) is 4.79 Å². The number of benzene rings is 1. The van der Waals surface area contributed by atoms with Crippen molar-refractivity contribution in [2.45, 2.75) is 13.5 Å². The topological polar surface area (TPSA) is 64.7 Å². The highest BCUT2D eigenvalue weighted by molar-refractivity contribution is 6.30. The Hall–Kier alpha value is -2.60. The normalized spacial score (nSPS) is 10.7. The quantitative estimate of drug-likeness (QED) is 0.800. The van der Waals surface area contributed by atoms with Crippen molar-refractivity contribution in [1.29, 1.82) is 0 Å². The SMILES string of the molecule is Cc1c(C(=O)Nc2ccn(Cc3ccc(Cl)cc3)n2)cnn1C. The lowest BCUT2D eigenvalue weighted by atomic mass is 10.2. The van der Waals surface area contributed by atoms with Crippen LogP contribution >= 0.6 is 11.6 Å². The first kappa shape index (κ1) is 15.3. The zero-order valence-electron chi connectivity index (χ0n) is 12.8. The van der Waals surface area contributed by atoms with Crippen LogP contribution < -0.4 is 5.32 Å². The molecule has 6 nitrogen and oxygen atoms in total. The Kier molecular flexibility index (Phi) is 4.16. The number of rotatable bonds is 4. The monoisotopic (exact) mass is 329 g/mol. The molecule has 3 aromatic rings. The summed E-state index contributed by atoms with van der Waals surface area (Å²) in [4.78, 5) is 12.2. The van der Waals surface area contributed by atoms with E-state index in [1.807, 2.05) is 37.4 Å². The van der Waals surface area contributed by atoms with Crippen molar-refractivity contribution in [3.63, 3.8) is 0 Å². The zero-order valence-corrected chi connectivity index (χ0v) is 13.6. The lowest BCUT2D eigenvalue weighted by molar-refractivity contribution is 0.102. The molecule has 0 radical (unpaired) electrons. The van der Waals surface area contributed by atoms with Crippen LogP contribution in [-0.2, 0) is 13.6 Å². The number of halogens is 1. The van der Waals surface area contributed by atoms with E-state index in [0.717, 1.165) is 11.3 Å². The fourth-order valence-electron chi connectivity index (χ4n) is 2.20. The van der Waals surface area contributed by atoms with Gasteiger partial charge in [0.05, 0.1) is 18.3 Å². The standard InChI is InChI=1S/C16H16ClN5O/c1-11-14(9-18-21(11)2)16(23)19-15-7-8-22(20-15)10-12-3-5-13(17)6-4-12/h3-9H,10H2,1-2H3,(H,19,20,23).